The van der Waals surface area contributed by atoms with Gasteiger partial charge in [0.1, 0.15) is 54.1 Å². The Hall–Kier alpha value is -7.86. The van der Waals surface area contributed by atoms with Gasteiger partial charge in [0.15, 0.2) is 11.9 Å². The number of likely N-dealkylation sites (tertiary alicyclic amines) is 1. The molecule has 496 valence electrons. The Morgan fingerprint density at radius 2 is 1.30 bits per heavy atom. The first-order chi connectivity index (χ1) is 43.0. The van der Waals surface area contributed by atoms with Gasteiger partial charge in [-0.05, 0) is 87.5 Å². The number of carbonyl (C=O) groups is 10. The van der Waals surface area contributed by atoms with E-state index in [2.05, 4.69) is 52.5 Å². The third-order valence-electron chi connectivity index (χ3n) is 15.8. The first kappa shape index (κ1) is 72.9. The summed E-state index contributed by atoms with van der Waals surface area (Å²) in [5.74, 6) is -7.85. The molecule has 2 heterocycles. The Balaban J connectivity index is 1.52. The van der Waals surface area contributed by atoms with Crippen molar-refractivity contribution in [3.8, 4) is 5.75 Å². The number of rotatable bonds is 26. The maximum atomic E-state index is 15.3. The summed E-state index contributed by atoms with van der Waals surface area (Å²) in [4.78, 5) is 153. The van der Waals surface area contributed by atoms with Crippen LogP contribution in [0.5, 0.6) is 5.75 Å². The van der Waals surface area contributed by atoms with Crippen LogP contribution in [0.1, 0.15) is 122 Å². The van der Waals surface area contributed by atoms with Gasteiger partial charge in [0, 0.05) is 62.5 Å². The fourth-order valence-corrected chi connectivity index (χ4v) is 14.3. The number of hydrogen-bond donors (Lipinski definition) is 14. The van der Waals surface area contributed by atoms with E-state index in [0.717, 1.165) is 19.3 Å². The highest BCUT2D eigenvalue weighted by molar-refractivity contribution is 8.77. The fourth-order valence-electron chi connectivity index (χ4n) is 10.9. The Bertz CT molecular complexity index is 2800. The van der Waals surface area contributed by atoms with Crippen LogP contribution in [-0.2, 0) is 60.8 Å². The molecule has 3 fully saturated rings. The Morgan fingerprint density at radius 3 is 1.90 bits per heavy atom. The number of primary amides is 1. The van der Waals surface area contributed by atoms with E-state index in [9.17, 15) is 43.2 Å². The third-order valence-corrected chi connectivity index (χ3v) is 19.2. The second-order valence-electron chi connectivity index (χ2n) is 22.9. The SMILES string of the molecule is CCOc1ccc(CC2NC(=O)CC3(CCCCC3)SSCC(C(=O)N3CCC[C@H]3C(=O)N[C@@H](CCCN=C(N)N)C(=O)N[C@@H](CCCN=C(N)N)C(=O)NCCN)NC(=O)[C@H](CC(N)=O)NC(=O)[C@H]([C@@H](C)CC)NC(=O)C(Cc3ccccc3)NC2=O)cc1. The average molecular weight is 1290 g/mol. The minimum Gasteiger partial charge on any atom is -0.494 e. The molecule has 30 heteroatoms. The molecule has 0 aromatic heterocycles. The molecule has 1 saturated carbocycles. The van der Waals surface area contributed by atoms with Gasteiger partial charge in [0.25, 0.3) is 0 Å². The molecule has 10 amide bonds. The summed E-state index contributed by atoms with van der Waals surface area (Å²) in [5.41, 5.74) is 34.9. The zero-order chi connectivity index (χ0) is 65.8. The highest BCUT2D eigenvalue weighted by Gasteiger charge is 2.43. The van der Waals surface area contributed by atoms with Crippen molar-refractivity contribution in [2.75, 3.05) is 45.1 Å². The van der Waals surface area contributed by atoms with Crippen LogP contribution in [0.25, 0.3) is 0 Å². The third kappa shape index (κ3) is 23.8. The van der Waals surface area contributed by atoms with Crippen LogP contribution < -0.4 is 81.7 Å². The lowest BCUT2D eigenvalue weighted by Crippen LogP contribution is -2.62. The summed E-state index contributed by atoms with van der Waals surface area (Å²) in [6, 6.07) is 5.52. The summed E-state index contributed by atoms with van der Waals surface area (Å²) in [7, 11) is 2.58. The van der Waals surface area contributed by atoms with Gasteiger partial charge in [-0.2, -0.15) is 0 Å². The van der Waals surface area contributed by atoms with Crippen molar-refractivity contribution in [1.29, 1.82) is 0 Å². The zero-order valence-electron chi connectivity index (χ0n) is 51.8. The van der Waals surface area contributed by atoms with Gasteiger partial charge in [-0.3, -0.25) is 57.9 Å². The number of aliphatic imine (C=N–C) groups is 2. The van der Waals surface area contributed by atoms with Gasteiger partial charge >= 0.3 is 0 Å². The molecule has 3 unspecified atom stereocenters. The number of nitrogens with zero attached hydrogens (tertiary/aromatic N) is 3. The number of carbonyl (C=O) groups excluding carboxylic acids is 10. The standard InChI is InChI=1S/C60H93N17O11S2/c1-4-36(3)49-56(86)74-44(33-47(62)78)53(83)75-45(57(87)77-30-14-19-46(77)55(85)72-41(18-13-28-69-59(65)66)51(81)71-40(50(80)67-29-26-61)17-12-27-68-58(63)64)35-89-90-60(24-10-7-11-25-60)34-48(79)70-42(32-38-20-22-39(23-21-38)88-5-2)52(82)73-43(54(84)76-49)31-37-15-8-6-9-16-37/h6,8-9,15-16,20-23,36,40-46,49H,4-5,7,10-14,17-19,24-35,61H2,1-3H3,(H2,62,78)(H,67,80)(H,70,79)(H,71,81)(H,72,85)(H,73,82)(H,74,86)(H,75,83)(H,76,84)(H4,63,64,68)(H4,65,66,69)/t36-,40-,41-,42?,43?,44-,45?,46-,49-/m0/s1. The topological polar surface area (TPSA) is 460 Å². The van der Waals surface area contributed by atoms with Gasteiger partial charge < -0.3 is 86.6 Å². The Kier molecular flexibility index (Phi) is 30.2. The number of benzene rings is 2. The summed E-state index contributed by atoms with van der Waals surface area (Å²) < 4.78 is 4.92. The van der Waals surface area contributed by atoms with Crippen molar-refractivity contribution >= 4 is 92.6 Å². The molecule has 90 heavy (non-hydrogen) atoms. The first-order valence-corrected chi connectivity index (χ1v) is 33.2. The van der Waals surface area contributed by atoms with Gasteiger partial charge in [-0.1, -0.05) is 104 Å². The Morgan fingerprint density at radius 1 is 0.711 bits per heavy atom. The van der Waals surface area contributed by atoms with Crippen molar-refractivity contribution in [2.24, 2.45) is 50.3 Å². The normalized spacial score (nSPS) is 22.1. The molecule has 1 aliphatic carbocycles. The summed E-state index contributed by atoms with van der Waals surface area (Å²) >= 11 is 0. The minimum absolute atomic E-state index is 0.00805. The highest BCUT2D eigenvalue weighted by Crippen LogP contribution is 2.48. The van der Waals surface area contributed by atoms with E-state index < -0.39 is 124 Å². The molecule has 3 aliphatic rings. The monoisotopic (exact) mass is 1290 g/mol. The average Bonchev–Trinajstić information content (AvgIpc) is 1.66. The van der Waals surface area contributed by atoms with Crippen LogP contribution in [0.3, 0.4) is 0 Å². The molecule has 1 spiro atoms. The fraction of sp³-hybridized carbons (Fsp3) is 0.600. The van der Waals surface area contributed by atoms with Crippen LogP contribution in [0.4, 0.5) is 0 Å². The van der Waals surface area contributed by atoms with Crippen LogP contribution in [0.2, 0.25) is 0 Å². The predicted molar refractivity (Wildman–Crippen MR) is 345 cm³/mol. The molecule has 20 N–H and O–H groups in total. The van der Waals surface area contributed by atoms with Crippen molar-refractivity contribution in [1.82, 2.24) is 47.4 Å². The number of hydrogen-bond acceptors (Lipinski definition) is 16. The summed E-state index contributed by atoms with van der Waals surface area (Å²) in [5, 5.41) is 22.3. The van der Waals surface area contributed by atoms with Crippen molar-refractivity contribution in [3.63, 3.8) is 0 Å². The quantitative estimate of drug-likeness (QED) is 0.0229. The maximum Gasteiger partial charge on any atom is 0.246 e. The highest BCUT2D eigenvalue weighted by atomic mass is 33.1. The van der Waals surface area contributed by atoms with Gasteiger partial charge in [-0.25, -0.2) is 0 Å². The number of nitrogens with one attached hydrogen (secondary N) is 8. The summed E-state index contributed by atoms with van der Waals surface area (Å²) in [6.45, 7) is 6.30. The minimum atomic E-state index is -1.68. The molecular formula is C60H93N17O11S2. The molecule has 0 bridgehead atoms. The van der Waals surface area contributed by atoms with Gasteiger partial charge in [-0.15, -0.1) is 0 Å². The van der Waals surface area contributed by atoms with E-state index in [1.807, 2.05) is 6.92 Å². The molecule has 2 saturated heterocycles. The summed E-state index contributed by atoms with van der Waals surface area (Å²) in [6.07, 6.45) is 4.21. The van der Waals surface area contributed by atoms with E-state index >= 15 is 4.79 Å². The van der Waals surface area contributed by atoms with Crippen LogP contribution in [0.15, 0.2) is 64.6 Å². The lowest BCUT2D eigenvalue weighted by molar-refractivity contribution is -0.142. The lowest BCUT2D eigenvalue weighted by atomic mass is 9.85. The maximum absolute atomic E-state index is 15.3. The van der Waals surface area contributed by atoms with E-state index in [0.29, 0.717) is 55.6 Å². The van der Waals surface area contributed by atoms with Gasteiger partial charge in [0.2, 0.25) is 59.1 Å². The van der Waals surface area contributed by atoms with Crippen molar-refractivity contribution in [3.05, 3.63) is 65.7 Å². The number of amides is 10. The molecule has 2 aromatic carbocycles. The zero-order valence-corrected chi connectivity index (χ0v) is 53.4. The second kappa shape index (κ2) is 37.3. The lowest BCUT2D eigenvalue weighted by Gasteiger charge is -2.37. The van der Waals surface area contributed by atoms with Crippen LogP contribution in [0, 0.1) is 5.92 Å². The molecule has 0 radical (unpaired) electrons. The van der Waals surface area contributed by atoms with E-state index in [1.54, 1.807) is 68.4 Å². The van der Waals surface area contributed by atoms with Gasteiger partial charge in [0.05, 0.1) is 13.0 Å². The van der Waals surface area contributed by atoms with E-state index in [1.165, 1.54) is 26.5 Å². The number of guanidine groups is 2. The van der Waals surface area contributed by atoms with E-state index in [4.69, 9.17) is 39.1 Å². The second-order valence-corrected chi connectivity index (χ2v) is 25.7. The molecular weight excluding hydrogens is 1200 g/mol. The predicted octanol–water partition coefficient (Wildman–Crippen LogP) is -1.15. The Labute approximate surface area is 533 Å². The number of ether oxygens (including phenoxy) is 1. The molecule has 28 nitrogen and oxygen atoms in total. The van der Waals surface area contributed by atoms with Crippen LogP contribution in [-0.4, -0.2) is 174 Å². The number of nitrogens with two attached hydrogens (primary N) is 6. The molecule has 2 aliphatic heterocycles. The molecule has 5 rings (SSSR count). The first-order valence-electron chi connectivity index (χ1n) is 30.9. The van der Waals surface area contributed by atoms with E-state index in [-0.39, 0.29) is 95.3 Å². The smallest absolute Gasteiger partial charge is 0.246 e. The van der Waals surface area contributed by atoms with Crippen molar-refractivity contribution < 1.29 is 52.7 Å². The van der Waals surface area contributed by atoms with Crippen molar-refractivity contribution in [2.45, 2.75) is 177 Å². The largest absolute Gasteiger partial charge is 0.494 e. The molecule has 9 atom stereocenters. The molecule has 2 aromatic rings. The van der Waals surface area contributed by atoms with Crippen LogP contribution >= 0.6 is 21.6 Å².